The first-order valence-corrected chi connectivity index (χ1v) is 6.85. The average molecular weight is 253 g/mol. The Hall–Kier alpha value is -1.10. The maximum Gasteiger partial charge on any atom is 0.242 e. The molecule has 2 heterocycles. The second kappa shape index (κ2) is 5.26. The van der Waals surface area contributed by atoms with E-state index in [1.807, 2.05) is 0 Å². The minimum atomic E-state index is -0.349. The highest BCUT2D eigenvalue weighted by Gasteiger charge is 2.45. The molecule has 18 heavy (non-hydrogen) atoms. The van der Waals surface area contributed by atoms with Gasteiger partial charge in [-0.1, -0.05) is 13.8 Å². The summed E-state index contributed by atoms with van der Waals surface area (Å²) in [7, 11) is 0. The van der Waals surface area contributed by atoms with Crippen molar-refractivity contribution >= 4 is 11.8 Å². The molecule has 2 unspecified atom stereocenters. The van der Waals surface area contributed by atoms with E-state index in [-0.39, 0.29) is 29.2 Å². The quantitative estimate of drug-likeness (QED) is 0.664. The van der Waals surface area contributed by atoms with Gasteiger partial charge in [-0.05, 0) is 31.7 Å². The van der Waals surface area contributed by atoms with Crippen molar-refractivity contribution in [1.82, 2.24) is 16.0 Å². The number of amides is 2. The van der Waals surface area contributed by atoms with E-state index in [1.54, 1.807) is 0 Å². The lowest BCUT2D eigenvalue weighted by molar-refractivity contribution is -0.137. The monoisotopic (exact) mass is 253 g/mol. The Morgan fingerprint density at radius 2 is 2.22 bits per heavy atom. The van der Waals surface area contributed by atoms with Gasteiger partial charge in [-0.3, -0.25) is 9.59 Å². The lowest BCUT2D eigenvalue weighted by atomic mass is 9.75. The molecule has 2 aliphatic rings. The Kier molecular flexibility index (Phi) is 3.90. The Bertz CT molecular complexity index is 335. The molecular formula is C13H23N3O2. The van der Waals surface area contributed by atoms with Crippen molar-refractivity contribution in [2.45, 2.75) is 39.2 Å². The van der Waals surface area contributed by atoms with Crippen LogP contribution in [-0.4, -0.2) is 37.5 Å². The standard InChI is InChI=1S/C13H23N3O2/c1-9(2)13(5-7-14-8-13)12(18)16-10-4-3-6-15-11(10)17/h9-10,14H,3-8H2,1-2H3,(H,15,17)(H,16,18). The van der Waals surface area contributed by atoms with Gasteiger partial charge in [-0.15, -0.1) is 0 Å². The molecule has 0 spiro atoms. The van der Waals surface area contributed by atoms with E-state index >= 15 is 0 Å². The first-order chi connectivity index (χ1) is 8.56. The van der Waals surface area contributed by atoms with Crippen LogP contribution in [0.2, 0.25) is 0 Å². The van der Waals surface area contributed by atoms with Gasteiger partial charge < -0.3 is 16.0 Å². The molecule has 0 aromatic carbocycles. The Labute approximate surface area is 108 Å². The largest absolute Gasteiger partial charge is 0.354 e. The van der Waals surface area contributed by atoms with Crippen molar-refractivity contribution in [1.29, 1.82) is 0 Å². The molecule has 2 saturated heterocycles. The van der Waals surface area contributed by atoms with Gasteiger partial charge in [0.05, 0.1) is 5.41 Å². The van der Waals surface area contributed by atoms with Gasteiger partial charge in [0.25, 0.3) is 0 Å². The van der Waals surface area contributed by atoms with Crippen molar-refractivity contribution in [3.8, 4) is 0 Å². The molecule has 0 aromatic rings. The Balaban J connectivity index is 2.03. The van der Waals surface area contributed by atoms with E-state index in [0.29, 0.717) is 6.54 Å². The van der Waals surface area contributed by atoms with Crippen LogP contribution >= 0.6 is 0 Å². The smallest absolute Gasteiger partial charge is 0.242 e. The molecule has 2 fully saturated rings. The number of hydrogen-bond donors (Lipinski definition) is 3. The second-order valence-corrected chi connectivity index (χ2v) is 5.70. The normalized spacial score (nSPS) is 32.4. The lowest BCUT2D eigenvalue weighted by Crippen LogP contribution is -2.55. The van der Waals surface area contributed by atoms with Gasteiger partial charge in [0, 0.05) is 13.1 Å². The number of carbonyl (C=O) groups excluding carboxylic acids is 2. The average Bonchev–Trinajstić information content (AvgIpc) is 2.82. The molecule has 3 N–H and O–H groups in total. The minimum absolute atomic E-state index is 0.0320. The molecule has 2 amide bonds. The molecule has 0 bridgehead atoms. The number of hydrogen-bond acceptors (Lipinski definition) is 3. The molecule has 2 atom stereocenters. The topological polar surface area (TPSA) is 70.2 Å². The van der Waals surface area contributed by atoms with Crippen LogP contribution in [-0.2, 0) is 9.59 Å². The molecule has 5 heteroatoms. The maximum absolute atomic E-state index is 12.5. The van der Waals surface area contributed by atoms with Crippen LogP contribution in [0.1, 0.15) is 33.1 Å². The van der Waals surface area contributed by atoms with Crippen LogP contribution in [0.4, 0.5) is 0 Å². The van der Waals surface area contributed by atoms with Crippen molar-refractivity contribution in [2.75, 3.05) is 19.6 Å². The summed E-state index contributed by atoms with van der Waals surface area (Å²) in [6.07, 6.45) is 2.54. The third-order valence-corrected chi connectivity index (χ3v) is 4.34. The van der Waals surface area contributed by atoms with Gasteiger partial charge >= 0.3 is 0 Å². The van der Waals surface area contributed by atoms with Crippen molar-refractivity contribution in [3.63, 3.8) is 0 Å². The number of nitrogens with one attached hydrogen (secondary N) is 3. The highest BCUT2D eigenvalue weighted by molar-refractivity contribution is 5.90. The first kappa shape index (κ1) is 13.3. The van der Waals surface area contributed by atoms with Gasteiger partial charge in [0.2, 0.25) is 11.8 Å². The van der Waals surface area contributed by atoms with E-state index in [9.17, 15) is 9.59 Å². The number of carbonyl (C=O) groups is 2. The fourth-order valence-electron chi connectivity index (χ4n) is 2.87. The molecule has 2 rings (SSSR count). The number of piperidine rings is 1. The summed E-state index contributed by atoms with van der Waals surface area (Å²) in [4.78, 5) is 24.2. The predicted octanol–water partition coefficient (Wildman–Crippen LogP) is 0.0169. The fourth-order valence-corrected chi connectivity index (χ4v) is 2.87. The predicted molar refractivity (Wildman–Crippen MR) is 68.9 cm³/mol. The molecule has 0 aromatic heterocycles. The highest BCUT2D eigenvalue weighted by atomic mass is 16.2. The van der Waals surface area contributed by atoms with Crippen LogP contribution in [0, 0.1) is 11.3 Å². The van der Waals surface area contributed by atoms with E-state index in [0.717, 1.165) is 32.4 Å². The van der Waals surface area contributed by atoms with E-state index in [4.69, 9.17) is 0 Å². The van der Waals surface area contributed by atoms with Crippen LogP contribution in [0.25, 0.3) is 0 Å². The molecule has 5 nitrogen and oxygen atoms in total. The zero-order valence-electron chi connectivity index (χ0n) is 11.2. The van der Waals surface area contributed by atoms with Crippen LogP contribution in [0.3, 0.4) is 0 Å². The molecular weight excluding hydrogens is 230 g/mol. The van der Waals surface area contributed by atoms with Crippen LogP contribution in [0.15, 0.2) is 0 Å². The Morgan fingerprint density at radius 1 is 1.44 bits per heavy atom. The van der Waals surface area contributed by atoms with Crippen LogP contribution in [0.5, 0.6) is 0 Å². The molecule has 0 saturated carbocycles. The second-order valence-electron chi connectivity index (χ2n) is 5.70. The first-order valence-electron chi connectivity index (χ1n) is 6.85. The SMILES string of the molecule is CC(C)C1(C(=O)NC2CCCNC2=O)CCNC1. The summed E-state index contributed by atoms with van der Waals surface area (Å²) < 4.78 is 0. The Morgan fingerprint density at radius 3 is 2.78 bits per heavy atom. The fraction of sp³-hybridized carbons (Fsp3) is 0.846. The van der Waals surface area contributed by atoms with Crippen LogP contribution < -0.4 is 16.0 Å². The summed E-state index contributed by atoms with van der Waals surface area (Å²) in [6, 6.07) is -0.345. The summed E-state index contributed by atoms with van der Waals surface area (Å²) in [5, 5.41) is 9.00. The maximum atomic E-state index is 12.5. The van der Waals surface area contributed by atoms with Crippen molar-refractivity contribution in [3.05, 3.63) is 0 Å². The van der Waals surface area contributed by atoms with Gasteiger partial charge in [0.1, 0.15) is 6.04 Å². The lowest BCUT2D eigenvalue weighted by Gasteiger charge is -2.33. The molecule has 2 aliphatic heterocycles. The van der Waals surface area contributed by atoms with Crippen molar-refractivity contribution in [2.24, 2.45) is 11.3 Å². The zero-order chi connectivity index (χ0) is 13.2. The van der Waals surface area contributed by atoms with Gasteiger partial charge in [-0.2, -0.15) is 0 Å². The van der Waals surface area contributed by atoms with Gasteiger partial charge in [0.15, 0.2) is 0 Å². The van der Waals surface area contributed by atoms with Crippen molar-refractivity contribution < 1.29 is 9.59 Å². The summed E-state index contributed by atoms with van der Waals surface area (Å²) >= 11 is 0. The third kappa shape index (κ3) is 2.36. The summed E-state index contributed by atoms with van der Waals surface area (Å²) in [5.74, 6) is 0.267. The molecule has 102 valence electrons. The van der Waals surface area contributed by atoms with Gasteiger partial charge in [-0.25, -0.2) is 0 Å². The summed E-state index contributed by atoms with van der Waals surface area (Å²) in [5.41, 5.74) is -0.349. The zero-order valence-corrected chi connectivity index (χ0v) is 11.2. The minimum Gasteiger partial charge on any atom is -0.354 e. The summed E-state index contributed by atoms with van der Waals surface area (Å²) in [6.45, 7) is 6.47. The third-order valence-electron chi connectivity index (χ3n) is 4.34. The number of rotatable bonds is 3. The molecule has 0 radical (unpaired) electrons. The highest BCUT2D eigenvalue weighted by Crippen LogP contribution is 2.34. The molecule has 0 aliphatic carbocycles. The van der Waals surface area contributed by atoms with E-state index in [1.165, 1.54) is 0 Å². The van der Waals surface area contributed by atoms with E-state index in [2.05, 4.69) is 29.8 Å². The van der Waals surface area contributed by atoms with E-state index < -0.39 is 0 Å².